The van der Waals surface area contributed by atoms with Gasteiger partial charge in [-0.25, -0.2) is 0 Å². The molecule has 1 saturated heterocycles. The summed E-state index contributed by atoms with van der Waals surface area (Å²) in [5.74, 6) is 1.42. The molecule has 1 aromatic carbocycles. The van der Waals surface area contributed by atoms with E-state index in [4.69, 9.17) is 4.99 Å². The first-order valence-electron chi connectivity index (χ1n) is 11.1. The number of likely N-dealkylation sites (tertiary alicyclic amines) is 1. The number of piperidine rings is 1. The van der Waals surface area contributed by atoms with E-state index in [2.05, 4.69) is 72.8 Å². The maximum absolute atomic E-state index is 11.9. The van der Waals surface area contributed by atoms with E-state index >= 15 is 0 Å². The normalized spacial score (nSPS) is 16.5. The van der Waals surface area contributed by atoms with Gasteiger partial charge in [-0.2, -0.15) is 0 Å². The molecule has 2 rings (SSSR count). The van der Waals surface area contributed by atoms with Crippen molar-refractivity contribution >= 4 is 35.8 Å². The zero-order valence-electron chi connectivity index (χ0n) is 19.0. The summed E-state index contributed by atoms with van der Waals surface area (Å²) in [5.41, 5.74) is 2.62. The Morgan fingerprint density at radius 2 is 1.97 bits per heavy atom. The molecule has 3 N–H and O–H groups in total. The largest absolute Gasteiger partial charge is 0.357 e. The van der Waals surface area contributed by atoms with Crippen molar-refractivity contribution in [2.75, 3.05) is 39.3 Å². The number of guanidine groups is 1. The summed E-state index contributed by atoms with van der Waals surface area (Å²) in [6.07, 6.45) is 3.03. The Morgan fingerprint density at radius 1 is 1.23 bits per heavy atom. The third-order valence-corrected chi connectivity index (χ3v) is 5.35. The number of halogens is 1. The Kier molecular flexibility index (Phi) is 13.0. The molecule has 1 aliphatic heterocycles. The van der Waals surface area contributed by atoms with Crippen LogP contribution in [0.3, 0.4) is 0 Å². The Balaban J connectivity index is 0.00000450. The molecule has 1 amide bonds. The Bertz CT molecular complexity index is 659. The van der Waals surface area contributed by atoms with Crippen LogP contribution in [0.5, 0.6) is 0 Å². The van der Waals surface area contributed by atoms with Gasteiger partial charge in [-0.15, -0.1) is 24.0 Å². The first-order valence-corrected chi connectivity index (χ1v) is 11.1. The summed E-state index contributed by atoms with van der Waals surface area (Å²) in [6.45, 7) is 13.3. The van der Waals surface area contributed by atoms with Crippen LogP contribution < -0.4 is 16.0 Å². The molecular formula is C23H40IN5O. The van der Waals surface area contributed by atoms with Crippen molar-refractivity contribution in [3.8, 4) is 0 Å². The van der Waals surface area contributed by atoms with Gasteiger partial charge in [-0.3, -0.25) is 14.7 Å². The van der Waals surface area contributed by atoms with E-state index in [0.717, 1.165) is 57.9 Å². The minimum absolute atomic E-state index is 0. The summed E-state index contributed by atoms with van der Waals surface area (Å²) >= 11 is 0. The van der Waals surface area contributed by atoms with Gasteiger partial charge in [0.2, 0.25) is 5.91 Å². The van der Waals surface area contributed by atoms with Crippen LogP contribution in [0.15, 0.2) is 29.3 Å². The van der Waals surface area contributed by atoms with Crippen LogP contribution in [0.25, 0.3) is 0 Å². The minimum Gasteiger partial charge on any atom is -0.357 e. The topological polar surface area (TPSA) is 68.8 Å². The molecule has 6 nitrogen and oxygen atoms in total. The first-order chi connectivity index (χ1) is 14.0. The number of nitrogens with zero attached hydrogens (tertiary/aromatic N) is 2. The molecular weight excluding hydrogens is 489 g/mol. The van der Waals surface area contributed by atoms with Crippen LogP contribution >= 0.6 is 24.0 Å². The average molecular weight is 530 g/mol. The molecule has 0 spiro atoms. The third kappa shape index (κ3) is 9.64. The lowest BCUT2D eigenvalue weighted by Gasteiger charge is -2.32. The van der Waals surface area contributed by atoms with Crippen LogP contribution in [0.2, 0.25) is 0 Å². The molecule has 1 unspecified atom stereocenters. The predicted molar refractivity (Wildman–Crippen MR) is 137 cm³/mol. The SMILES string of the molecule is CCCNC(=O)CN1CCC(NC(=NCC(C)c2cccc(C)c2)NCC)CC1.I. The lowest BCUT2D eigenvalue weighted by atomic mass is 10.00. The van der Waals surface area contributed by atoms with E-state index in [0.29, 0.717) is 18.5 Å². The highest BCUT2D eigenvalue weighted by molar-refractivity contribution is 14.0. The number of rotatable bonds is 9. The quantitative estimate of drug-likeness (QED) is 0.261. The lowest BCUT2D eigenvalue weighted by molar-refractivity contribution is -0.122. The maximum atomic E-state index is 11.9. The molecule has 1 atom stereocenters. The molecule has 30 heavy (non-hydrogen) atoms. The lowest BCUT2D eigenvalue weighted by Crippen LogP contribution is -2.50. The fraction of sp³-hybridized carbons (Fsp3) is 0.652. The number of aliphatic imine (C=N–C) groups is 1. The Hall–Kier alpha value is -1.35. The van der Waals surface area contributed by atoms with Gasteiger partial charge in [0, 0.05) is 44.7 Å². The molecule has 0 aliphatic carbocycles. The maximum Gasteiger partial charge on any atom is 0.234 e. The number of carbonyl (C=O) groups excluding carboxylic acids is 1. The summed E-state index contributed by atoms with van der Waals surface area (Å²) < 4.78 is 0. The van der Waals surface area contributed by atoms with E-state index < -0.39 is 0 Å². The van der Waals surface area contributed by atoms with E-state index in [1.165, 1.54) is 11.1 Å². The predicted octanol–water partition coefficient (Wildman–Crippen LogP) is 3.26. The van der Waals surface area contributed by atoms with Gasteiger partial charge in [0.1, 0.15) is 0 Å². The van der Waals surface area contributed by atoms with Gasteiger partial charge in [0.05, 0.1) is 6.54 Å². The van der Waals surface area contributed by atoms with Gasteiger partial charge in [0.15, 0.2) is 5.96 Å². The summed E-state index contributed by atoms with van der Waals surface area (Å²) in [5, 5.41) is 9.93. The van der Waals surface area contributed by atoms with E-state index in [1.54, 1.807) is 0 Å². The number of nitrogens with one attached hydrogen (secondary N) is 3. The smallest absolute Gasteiger partial charge is 0.234 e. The first kappa shape index (κ1) is 26.7. The molecule has 1 aromatic rings. The van der Waals surface area contributed by atoms with E-state index in [-0.39, 0.29) is 29.9 Å². The Labute approximate surface area is 199 Å². The molecule has 0 radical (unpaired) electrons. The zero-order valence-corrected chi connectivity index (χ0v) is 21.4. The molecule has 0 saturated carbocycles. The van der Waals surface area contributed by atoms with Crippen molar-refractivity contribution in [1.29, 1.82) is 0 Å². The van der Waals surface area contributed by atoms with Crippen LogP contribution in [-0.2, 0) is 4.79 Å². The second kappa shape index (κ2) is 14.6. The number of benzene rings is 1. The average Bonchev–Trinajstić information content (AvgIpc) is 2.72. The number of carbonyl (C=O) groups is 1. The highest BCUT2D eigenvalue weighted by atomic mass is 127. The number of aryl methyl sites for hydroxylation is 1. The van der Waals surface area contributed by atoms with Crippen molar-refractivity contribution in [2.24, 2.45) is 4.99 Å². The standard InChI is InChI=1S/C23H39N5O.HI/c1-5-12-25-22(29)17-28-13-10-21(11-14-28)27-23(24-6-2)26-16-19(4)20-9-7-8-18(3)15-20;/h7-9,15,19,21H,5-6,10-14,16-17H2,1-4H3,(H,25,29)(H2,24,26,27);1H. The summed E-state index contributed by atoms with van der Waals surface area (Å²) in [7, 11) is 0. The van der Waals surface area contributed by atoms with E-state index in [1.807, 2.05) is 0 Å². The van der Waals surface area contributed by atoms with Crippen LogP contribution in [-0.4, -0.2) is 62.1 Å². The fourth-order valence-corrected chi connectivity index (χ4v) is 3.58. The molecule has 7 heteroatoms. The van der Waals surface area contributed by atoms with Gasteiger partial charge in [0.25, 0.3) is 0 Å². The van der Waals surface area contributed by atoms with Gasteiger partial charge in [-0.05, 0) is 38.7 Å². The monoisotopic (exact) mass is 529 g/mol. The summed E-state index contributed by atoms with van der Waals surface area (Å²) in [6, 6.07) is 9.07. The molecule has 170 valence electrons. The highest BCUT2D eigenvalue weighted by Gasteiger charge is 2.21. The van der Waals surface area contributed by atoms with Crippen molar-refractivity contribution < 1.29 is 4.79 Å². The Morgan fingerprint density at radius 3 is 2.60 bits per heavy atom. The van der Waals surface area contributed by atoms with Crippen molar-refractivity contribution in [3.05, 3.63) is 35.4 Å². The highest BCUT2D eigenvalue weighted by Crippen LogP contribution is 2.17. The third-order valence-electron chi connectivity index (χ3n) is 5.35. The molecule has 1 fully saturated rings. The van der Waals surface area contributed by atoms with Crippen molar-refractivity contribution in [1.82, 2.24) is 20.9 Å². The summed E-state index contributed by atoms with van der Waals surface area (Å²) in [4.78, 5) is 19.0. The fourth-order valence-electron chi connectivity index (χ4n) is 3.58. The van der Waals surface area contributed by atoms with Crippen LogP contribution in [0, 0.1) is 6.92 Å². The molecule has 0 aromatic heterocycles. The zero-order chi connectivity index (χ0) is 21.1. The number of hydrogen-bond acceptors (Lipinski definition) is 3. The number of hydrogen-bond donors (Lipinski definition) is 3. The van der Waals surface area contributed by atoms with Crippen LogP contribution in [0.1, 0.15) is 57.1 Å². The molecule has 1 heterocycles. The van der Waals surface area contributed by atoms with Gasteiger partial charge < -0.3 is 16.0 Å². The second-order valence-electron chi connectivity index (χ2n) is 8.08. The van der Waals surface area contributed by atoms with Crippen molar-refractivity contribution in [2.45, 2.75) is 58.9 Å². The van der Waals surface area contributed by atoms with Crippen molar-refractivity contribution in [3.63, 3.8) is 0 Å². The van der Waals surface area contributed by atoms with Crippen LogP contribution in [0.4, 0.5) is 0 Å². The number of amides is 1. The van der Waals surface area contributed by atoms with Gasteiger partial charge >= 0.3 is 0 Å². The second-order valence-corrected chi connectivity index (χ2v) is 8.08. The van der Waals surface area contributed by atoms with E-state index in [9.17, 15) is 4.79 Å². The minimum atomic E-state index is 0. The molecule has 0 bridgehead atoms. The van der Waals surface area contributed by atoms with Gasteiger partial charge in [-0.1, -0.05) is 43.7 Å². The molecule has 1 aliphatic rings.